The number of aromatic nitrogens is 1. The molecule has 2 bridgehead atoms. The van der Waals surface area contributed by atoms with Crippen LogP contribution in [0.5, 0.6) is 0 Å². The van der Waals surface area contributed by atoms with Gasteiger partial charge in [0.2, 0.25) is 0 Å². The zero-order chi connectivity index (χ0) is 29.9. The molecule has 8 nitrogen and oxygen atoms in total. The third-order valence-electron chi connectivity index (χ3n) is 8.43. The van der Waals surface area contributed by atoms with Gasteiger partial charge in [-0.2, -0.15) is 0 Å². The predicted molar refractivity (Wildman–Crippen MR) is 142 cm³/mol. The molecule has 3 fully saturated rings. The van der Waals surface area contributed by atoms with Crippen LogP contribution < -0.4 is 5.32 Å². The number of sulfone groups is 1. The van der Waals surface area contributed by atoms with Gasteiger partial charge >= 0.3 is 0 Å². The maximum atomic E-state index is 13.7. The summed E-state index contributed by atoms with van der Waals surface area (Å²) in [5.41, 5.74) is -2.14. The van der Waals surface area contributed by atoms with Gasteiger partial charge in [0, 0.05) is 23.5 Å². The number of aliphatic hydroxyl groups excluding tert-OH is 2. The summed E-state index contributed by atoms with van der Waals surface area (Å²) < 4.78 is 67.8. The number of carbonyl (C=O) groups is 1. The number of anilines is 1. The predicted octanol–water partition coefficient (Wildman–Crippen LogP) is 4.05. The number of benzene rings is 2. The van der Waals surface area contributed by atoms with E-state index in [-0.39, 0.29) is 45.6 Å². The van der Waals surface area contributed by atoms with Gasteiger partial charge in [-0.3, -0.25) is 9.78 Å². The molecule has 218 valence electrons. The van der Waals surface area contributed by atoms with E-state index >= 15 is 0 Å². The lowest BCUT2D eigenvalue weighted by Gasteiger charge is -2.64. The Bertz CT molecular complexity index is 1610. The van der Waals surface area contributed by atoms with Crippen molar-refractivity contribution in [3.05, 3.63) is 88.5 Å². The zero-order valence-electron chi connectivity index (χ0n) is 21.5. The van der Waals surface area contributed by atoms with Crippen molar-refractivity contribution in [3.8, 4) is 0 Å². The molecular weight excluding hydrogens is 585 g/mol. The number of amides is 1. The first-order chi connectivity index (χ1) is 19.2. The van der Waals surface area contributed by atoms with E-state index in [1.807, 2.05) is 6.92 Å². The summed E-state index contributed by atoms with van der Waals surface area (Å²) in [5, 5.41) is 34.3. The van der Waals surface area contributed by atoms with Gasteiger partial charge in [-0.15, -0.1) is 0 Å². The Kier molecular flexibility index (Phi) is 7.66. The van der Waals surface area contributed by atoms with E-state index in [2.05, 4.69) is 10.3 Å². The number of hydrogen-bond donors (Lipinski definition) is 4. The molecule has 0 spiro atoms. The number of fused-ring (bicyclic) bond motifs is 2. The monoisotopic (exact) mass is 610 g/mol. The molecule has 3 saturated carbocycles. The van der Waals surface area contributed by atoms with E-state index in [9.17, 15) is 41.7 Å². The van der Waals surface area contributed by atoms with Crippen molar-refractivity contribution in [1.29, 1.82) is 0 Å². The van der Waals surface area contributed by atoms with Gasteiger partial charge in [0.1, 0.15) is 18.0 Å². The van der Waals surface area contributed by atoms with Crippen LogP contribution in [0.15, 0.2) is 59.6 Å². The van der Waals surface area contributed by atoms with E-state index in [4.69, 9.17) is 11.6 Å². The number of hydrogen-bond acceptors (Lipinski definition) is 7. The van der Waals surface area contributed by atoms with Crippen LogP contribution in [0.3, 0.4) is 0 Å². The van der Waals surface area contributed by atoms with Crippen LogP contribution in [-0.2, 0) is 9.84 Å². The van der Waals surface area contributed by atoms with Gasteiger partial charge in [0.25, 0.3) is 5.91 Å². The van der Waals surface area contributed by atoms with Crippen LogP contribution in [0.1, 0.15) is 41.9 Å². The van der Waals surface area contributed by atoms with Gasteiger partial charge in [-0.05, 0) is 73.1 Å². The van der Waals surface area contributed by atoms with E-state index in [0.717, 1.165) is 42.6 Å². The fourth-order valence-electron chi connectivity index (χ4n) is 6.26. The summed E-state index contributed by atoms with van der Waals surface area (Å²) in [7, 11) is -4.15. The first kappa shape index (κ1) is 29.5. The van der Waals surface area contributed by atoms with E-state index < -0.39 is 68.1 Å². The van der Waals surface area contributed by atoms with Crippen molar-refractivity contribution in [3.63, 3.8) is 0 Å². The molecule has 4 unspecified atom stereocenters. The molecule has 6 rings (SSSR count). The lowest BCUT2D eigenvalue weighted by atomic mass is 9.45. The normalized spacial score (nSPS) is 27.0. The number of nitrogens with zero attached hydrogens (tertiary/aromatic N) is 1. The van der Waals surface area contributed by atoms with Crippen LogP contribution in [-0.4, -0.2) is 51.6 Å². The molecule has 3 aromatic rings. The molecule has 3 aliphatic carbocycles. The largest absolute Gasteiger partial charge is 0.387 e. The second kappa shape index (κ2) is 10.7. The van der Waals surface area contributed by atoms with Crippen molar-refractivity contribution < 1.29 is 41.7 Å². The standard InChI is InChI=1S/C28H26ClF3N2O6S/c1-13-18-11-17(12-19(13)28(18,38)26(36)25(35)23-9-15(30)6-7-33-23)41(39,40)24-8-14(2-4-20(24)29)27(37)34-16-3-5-21(31)22(32)10-16/h2-10,13,17-19,25-26,35-36,38H,11-12H2,1H3,(H,34,37). The SMILES string of the molecule is CC1C2CC(S(=O)(=O)c3cc(C(=O)Nc4ccc(F)c(F)c4)ccc3Cl)CC1C2(O)C(O)C(O)c1cc(F)ccn1. The number of nitrogens with one attached hydrogen (secondary N) is 1. The van der Waals surface area contributed by atoms with Crippen LogP contribution in [0.25, 0.3) is 0 Å². The molecule has 41 heavy (non-hydrogen) atoms. The topological polar surface area (TPSA) is 137 Å². The van der Waals surface area contributed by atoms with Crippen LogP contribution >= 0.6 is 11.6 Å². The highest BCUT2D eigenvalue weighted by atomic mass is 35.5. The second-order valence-corrected chi connectivity index (χ2v) is 13.2. The summed E-state index contributed by atoms with van der Waals surface area (Å²) >= 11 is 6.25. The highest BCUT2D eigenvalue weighted by molar-refractivity contribution is 7.92. The smallest absolute Gasteiger partial charge is 0.255 e. The van der Waals surface area contributed by atoms with Crippen molar-refractivity contribution in [2.24, 2.45) is 17.8 Å². The second-order valence-electron chi connectivity index (χ2n) is 10.6. The molecule has 0 saturated heterocycles. The highest BCUT2D eigenvalue weighted by Crippen LogP contribution is 2.61. The third kappa shape index (κ3) is 5.01. The zero-order valence-corrected chi connectivity index (χ0v) is 23.1. The maximum Gasteiger partial charge on any atom is 0.255 e. The Morgan fingerprint density at radius 1 is 1.05 bits per heavy atom. The summed E-state index contributed by atoms with van der Waals surface area (Å²) in [4.78, 5) is 16.3. The summed E-state index contributed by atoms with van der Waals surface area (Å²) in [6.45, 7) is 1.81. The fraction of sp³-hybridized carbons (Fsp3) is 0.357. The first-order valence-corrected chi connectivity index (χ1v) is 14.7. The first-order valence-electron chi connectivity index (χ1n) is 12.7. The molecule has 13 heteroatoms. The average molecular weight is 611 g/mol. The minimum absolute atomic E-state index is 0.0388. The highest BCUT2D eigenvalue weighted by Gasteiger charge is 2.68. The molecule has 3 aliphatic rings. The Balaban J connectivity index is 1.36. The Morgan fingerprint density at radius 3 is 2.37 bits per heavy atom. The number of pyridine rings is 1. The molecule has 1 aromatic heterocycles. The van der Waals surface area contributed by atoms with Crippen LogP contribution in [0, 0.1) is 35.2 Å². The molecule has 0 radical (unpaired) electrons. The van der Waals surface area contributed by atoms with Gasteiger partial charge < -0.3 is 20.6 Å². The molecule has 1 heterocycles. The molecule has 1 amide bonds. The summed E-state index contributed by atoms with van der Waals surface area (Å²) in [6, 6.07) is 8.40. The summed E-state index contributed by atoms with van der Waals surface area (Å²) in [6.07, 6.45) is -2.48. The van der Waals surface area contributed by atoms with Gasteiger partial charge in [-0.25, -0.2) is 21.6 Å². The lowest BCUT2D eigenvalue weighted by molar-refractivity contribution is -0.280. The molecular formula is C28H26ClF3N2O6S. The quantitative estimate of drug-likeness (QED) is 0.317. The number of carbonyl (C=O) groups excluding carboxylic acids is 1. The van der Waals surface area contributed by atoms with Crippen molar-refractivity contribution >= 4 is 33.0 Å². The van der Waals surface area contributed by atoms with E-state index in [0.29, 0.717) is 0 Å². The van der Waals surface area contributed by atoms with E-state index in [1.165, 1.54) is 12.1 Å². The Morgan fingerprint density at radius 2 is 1.73 bits per heavy atom. The maximum absolute atomic E-state index is 13.7. The van der Waals surface area contributed by atoms with Gasteiger partial charge in [0.15, 0.2) is 21.5 Å². The minimum atomic E-state index is -4.15. The van der Waals surface area contributed by atoms with Crippen LogP contribution in [0.4, 0.5) is 18.9 Å². The Hall–Kier alpha value is -3.03. The lowest BCUT2D eigenvalue weighted by Crippen LogP contribution is -2.72. The third-order valence-corrected chi connectivity index (χ3v) is 11.1. The Labute approximate surface area is 238 Å². The van der Waals surface area contributed by atoms with Crippen molar-refractivity contribution in [2.75, 3.05) is 5.32 Å². The number of rotatable bonds is 7. The molecule has 4 N–H and O–H groups in total. The number of aliphatic hydroxyl groups is 3. The average Bonchev–Trinajstić information content (AvgIpc) is 2.94. The van der Waals surface area contributed by atoms with Crippen molar-refractivity contribution in [1.82, 2.24) is 4.98 Å². The summed E-state index contributed by atoms with van der Waals surface area (Å²) in [5.74, 6) is -5.35. The molecule has 0 aliphatic heterocycles. The van der Waals surface area contributed by atoms with Crippen LogP contribution in [0.2, 0.25) is 5.02 Å². The fourth-order valence-corrected chi connectivity index (χ4v) is 8.61. The van der Waals surface area contributed by atoms with Gasteiger partial charge in [-0.1, -0.05) is 18.5 Å². The number of halogens is 4. The molecule has 2 aromatic carbocycles. The minimum Gasteiger partial charge on any atom is -0.387 e. The van der Waals surface area contributed by atoms with E-state index in [1.54, 1.807) is 0 Å². The molecule has 4 atom stereocenters. The van der Waals surface area contributed by atoms with Crippen molar-refractivity contribution in [2.45, 2.75) is 47.7 Å². The van der Waals surface area contributed by atoms with Gasteiger partial charge in [0.05, 0.1) is 26.5 Å².